The Kier molecular flexibility index (Phi) is 5.82. The Morgan fingerprint density at radius 3 is 2.05 bits per heavy atom. The summed E-state index contributed by atoms with van der Waals surface area (Å²) in [5, 5.41) is 0. The van der Waals surface area contributed by atoms with Crippen molar-refractivity contribution in [1.82, 2.24) is 4.72 Å². The highest BCUT2D eigenvalue weighted by Gasteiger charge is 2.29. The molecule has 0 amide bonds. The Bertz CT molecular complexity index is 622. The predicted octanol–water partition coefficient (Wildman–Crippen LogP) is 2.45. The van der Waals surface area contributed by atoms with Gasteiger partial charge in [-0.25, -0.2) is 17.2 Å². The first-order valence-electron chi connectivity index (χ1n) is 6.46. The number of sulfonamides is 1. The minimum absolute atomic E-state index is 0.228. The minimum Gasteiger partial charge on any atom is -0.598 e. The molecule has 0 bridgehead atoms. The highest BCUT2D eigenvalue weighted by Crippen LogP contribution is 2.26. The molecule has 9 heteroatoms. The van der Waals surface area contributed by atoms with Crippen molar-refractivity contribution in [1.29, 1.82) is 0 Å². The lowest BCUT2D eigenvalue weighted by molar-refractivity contribution is 0.528. The van der Waals surface area contributed by atoms with Gasteiger partial charge in [0.05, 0.1) is 12.3 Å². The van der Waals surface area contributed by atoms with Crippen molar-refractivity contribution in [2.45, 2.75) is 38.5 Å². The number of anilines is 1. The molecule has 22 heavy (non-hydrogen) atoms. The highest BCUT2D eigenvalue weighted by molar-refractivity contribution is 7.92. The maximum atomic E-state index is 13.9. The van der Waals surface area contributed by atoms with Gasteiger partial charge in [0.2, 0.25) is 10.0 Å². The zero-order valence-electron chi connectivity index (χ0n) is 13.0. The average Bonchev–Trinajstić information content (AvgIpc) is 2.31. The summed E-state index contributed by atoms with van der Waals surface area (Å²) in [5.74, 6) is -2.06. The molecule has 0 aliphatic carbocycles. The summed E-state index contributed by atoms with van der Waals surface area (Å²) in [6.07, 6.45) is 0.802. The molecule has 0 saturated heterocycles. The van der Waals surface area contributed by atoms with Crippen molar-refractivity contribution in [3.63, 3.8) is 0 Å². The molecule has 126 valence electrons. The van der Waals surface area contributed by atoms with Gasteiger partial charge in [-0.05, 0) is 45.4 Å². The molecule has 0 fully saturated rings. The number of hydrogen-bond acceptors (Lipinski definition) is 4. The summed E-state index contributed by atoms with van der Waals surface area (Å²) < 4.78 is 66.0. The molecule has 0 unspecified atom stereocenters. The van der Waals surface area contributed by atoms with E-state index in [9.17, 15) is 21.8 Å². The molecule has 0 aromatic heterocycles. The van der Waals surface area contributed by atoms with Gasteiger partial charge >= 0.3 is 0 Å². The van der Waals surface area contributed by atoms with E-state index in [0.717, 1.165) is 18.4 Å². The van der Waals surface area contributed by atoms with Crippen LogP contribution in [-0.2, 0) is 21.4 Å². The molecule has 0 spiro atoms. The van der Waals surface area contributed by atoms with Crippen LogP contribution < -0.4 is 9.44 Å². The largest absolute Gasteiger partial charge is 0.598 e. The molecular formula is C13H20F2N2O3S2. The first-order chi connectivity index (χ1) is 9.81. The second kappa shape index (κ2) is 6.69. The van der Waals surface area contributed by atoms with Crippen LogP contribution in [-0.4, -0.2) is 24.0 Å². The molecule has 1 aromatic carbocycles. The van der Waals surface area contributed by atoms with E-state index < -0.39 is 49.5 Å². The third kappa shape index (κ3) is 5.38. The second-order valence-corrected chi connectivity index (χ2v) is 9.70. The Hall–Kier alpha value is -0.900. The number of hydrogen-bond donors (Lipinski definition) is 2. The van der Waals surface area contributed by atoms with Gasteiger partial charge < -0.3 is 4.55 Å². The lowest BCUT2D eigenvalue weighted by Crippen LogP contribution is -2.40. The molecule has 2 atom stereocenters. The third-order valence-corrected chi connectivity index (χ3v) is 4.95. The van der Waals surface area contributed by atoms with Gasteiger partial charge in [-0.3, -0.25) is 4.72 Å². The molecular weight excluding hydrogens is 334 g/mol. The van der Waals surface area contributed by atoms with E-state index in [0.29, 0.717) is 0 Å². The monoisotopic (exact) mass is 354 g/mol. The summed E-state index contributed by atoms with van der Waals surface area (Å²) in [7, 11) is -3.79. The van der Waals surface area contributed by atoms with Gasteiger partial charge in [0.25, 0.3) is 0 Å². The zero-order chi connectivity index (χ0) is 17.3. The maximum Gasteiger partial charge on any atom is 0.230 e. The third-order valence-electron chi connectivity index (χ3n) is 2.69. The fourth-order valence-corrected chi connectivity index (χ4v) is 2.91. The Labute approximate surface area is 132 Å². The van der Waals surface area contributed by atoms with Gasteiger partial charge in [-0.2, -0.15) is 0 Å². The van der Waals surface area contributed by atoms with Crippen molar-refractivity contribution in [2.24, 2.45) is 0 Å². The smallest absolute Gasteiger partial charge is 0.230 e. The molecule has 1 rings (SSSR count). The van der Waals surface area contributed by atoms with E-state index in [1.807, 2.05) is 0 Å². The van der Waals surface area contributed by atoms with E-state index in [1.165, 1.54) is 0 Å². The molecule has 0 saturated carbocycles. The Balaban J connectivity index is 3.04. The lowest BCUT2D eigenvalue weighted by atomic mass is 10.1. The molecule has 0 aliphatic heterocycles. The average molecular weight is 354 g/mol. The molecule has 2 N–H and O–H groups in total. The summed E-state index contributed by atoms with van der Waals surface area (Å²) >= 11 is -1.41. The van der Waals surface area contributed by atoms with E-state index in [-0.39, 0.29) is 5.56 Å². The lowest BCUT2D eigenvalue weighted by Gasteiger charge is -2.26. The summed E-state index contributed by atoms with van der Waals surface area (Å²) in [5.41, 5.74) is -0.498. The summed E-state index contributed by atoms with van der Waals surface area (Å²) in [6, 6.07) is 1.44. The second-order valence-electron chi connectivity index (χ2n) is 5.95. The van der Waals surface area contributed by atoms with Gasteiger partial charge in [0.15, 0.2) is 11.6 Å². The minimum atomic E-state index is -3.79. The van der Waals surface area contributed by atoms with E-state index in [4.69, 9.17) is 0 Å². The standard InChI is InChI=1S/C13H20F2N2O3S2/c1-8(16-21(18)13(2,3)4)9-6-10(14)12(11(15)7-9)17-22(5,19)20/h6-8,16-17H,1-5H3/t8-,21-/m1/s1. The normalized spacial score (nSPS) is 15.5. The Morgan fingerprint density at radius 1 is 1.23 bits per heavy atom. The maximum absolute atomic E-state index is 13.9. The topological polar surface area (TPSA) is 81.3 Å². The molecule has 0 aliphatic rings. The highest BCUT2D eigenvalue weighted by atomic mass is 32.2. The Morgan fingerprint density at radius 2 is 1.68 bits per heavy atom. The van der Waals surface area contributed by atoms with Crippen molar-refractivity contribution < 1.29 is 21.8 Å². The molecule has 1 aromatic rings. The van der Waals surface area contributed by atoms with Crippen LogP contribution in [0.4, 0.5) is 14.5 Å². The number of nitrogens with one attached hydrogen (secondary N) is 2. The van der Waals surface area contributed by atoms with Gasteiger partial charge in [0, 0.05) is 11.4 Å². The van der Waals surface area contributed by atoms with Crippen LogP contribution in [0.3, 0.4) is 0 Å². The van der Waals surface area contributed by atoms with Crippen molar-refractivity contribution in [2.75, 3.05) is 11.0 Å². The first-order valence-corrected chi connectivity index (χ1v) is 9.50. The van der Waals surface area contributed by atoms with E-state index in [1.54, 1.807) is 32.4 Å². The van der Waals surface area contributed by atoms with Crippen LogP contribution in [0, 0.1) is 11.6 Å². The van der Waals surface area contributed by atoms with Crippen LogP contribution in [0.5, 0.6) is 0 Å². The summed E-state index contributed by atoms with van der Waals surface area (Å²) in [6.45, 7) is 6.91. The van der Waals surface area contributed by atoms with Crippen LogP contribution >= 0.6 is 0 Å². The summed E-state index contributed by atoms with van der Waals surface area (Å²) in [4.78, 5) is 0. The van der Waals surface area contributed by atoms with Crippen LogP contribution in [0.25, 0.3) is 0 Å². The van der Waals surface area contributed by atoms with Gasteiger partial charge in [-0.15, -0.1) is 4.72 Å². The van der Waals surface area contributed by atoms with E-state index >= 15 is 0 Å². The fraction of sp³-hybridized carbons (Fsp3) is 0.538. The van der Waals surface area contributed by atoms with Crippen LogP contribution in [0.2, 0.25) is 0 Å². The zero-order valence-corrected chi connectivity index (χ0v) is 14.7. The number of halogens is 2. The molecule has 5 nitrogen and oxygen atoms in total. The van der Waals surface area contributed by atoms with Gasteiger partial charge in [-0.1, -0.05) is 0 Å². The fourth-order valence-electron chi connectivity index (χ4n) is 1.53. The van der Waals surface area contributed by atoms with Gasteiger partial charge in [0.1, 0.15) is 10.4 Å². The first kappa shape index (κ1) is 19.1. The van der Waals surface area contributed by atoms with Crippen LogP contribution in [0.1, 0.15) is 39.3 Å². The van der Waals surface area contributed by atoms with Crippen molar-refractivity contribution >= 4 is 27.1 Å². The quantitative estimate of drug-likeness (QED) is 0.796. The van der Waals surface area contributed by atoms with Crippen molar-refractivity contribution in [3.8, 4) is 0 Å². The molecule has 0 heterocycles. The van der Waals surface area contributed by atoms with Crippen LogP contribution in [0.15, 0.2) is 12.1 Å². The van der Waals surface area contributed by atoms with Crippen molar-refractivity contribution in [3.05, 3.63) is 29.3 Å². The van der Waals surface area contributed by atoms with E-state index in [2.05, 4.69) is 4.72 Å². The predicted molar refractivity (Wildman–Crippen MR) is 84.3 cm³/mol. The number of benzene rings is 1. The number of rotatable bonds is 5. The SMILES string of the molecule is C[C@@H](N[S@+]([O-])C(C)(C)C)c1cc(F)c(NS(C)(=O)=O)c(F)c1. The molecule has 0 radical (unpaired) electrons.